The molecule has 2 aromatic carbocycles. The summed E-state index contributed by atoms with van der Waals surface area (Å²) in [4.78, 5) is 23.7. The van der Waals surface area contributed by atoms with E-state index in [2.05, 4.69) is 16.0 Å². The number of amides is 2. The number of carbonyl (C=O) groups excluding carboxylic acids is 2. The van der Waals surface area contributed by atoms with Crippen molar-refractivity contribution in [3.8, 4) is 5.75 Å². The number of ether oxygens (including phenoxy) is 1. The molecule has 0 saturated carbocycles. The molecule has 0 saturated heterocycles. The highest BCUT2D eigenvalue weighted by atomic mass is 32.1. The van der Waals surface area contributed by atoms with Gasteiger partial charge in [0.05, 0.1) is 0 Å². The van der Waals surface area contributed by atoms with Gasteiger partial charge in [-0.15, -0.1) is 0 Å². The summed E-state index contributed by atoms with van der Waals surface area (Å²) < 4.78 is 5.41. The molecule has 0 heterocycles. The molecular formula is C20H23N3O3S. The first-order valence-corrected chi connectivity index (χ1v) is 9.16. The molecule has 3 N–H and O–H groups in total. The molecule has 0 bridgehead atoms. The molecule has 0 unspecified atom stereocenters. The lowest BCUT2D eigenvalue weighted by Crippen LogP contribution is -2.33. The zero-order valence-corrected chi connectivity index (χ0v) is 16.0. The predicted octanol–water partition coefficient (Wildman–Crippen LogP) is 3.71. The molecule has 0 aliphatic heterocycles. The fourth-order valence-corrected chi connectivity index (χ4v) is 2.46. The third-order valence-corrected chi connectivity index (χ3v) is 3.73. The van der Waals surface area contributed by atoms with Gasteiger partial charge in [0.25, 0.3) is 5.91 Å². The summed E-state index contributed by atoms with van der Waals surface area (Å²) in [6.45, 7) is 1.93. The van der Waals surface area contributed by atoms with E-state index in [9.17, 15) is 9.59 Å². The number of carbonyl (C=O) groups is 2. The summed E-state index contributed by atoms with van der Waals surface area (Å²) >= 11 is 5.14. The maximum Gasteiger partial charge on any atom is 0.262 e. The second kappa shape index (κ2) is 10.9. The Kier molecular flexibility index (Phi) is 8.25. The summed E-state index contributed by atoms with van der Waals surface area (Å²) in [5.41, 5.74) is 1.26. The van der Waals surface area contributed by atoms with Crippen molar-refractivity contribution < 1.29 is 14.3 Å². The maximum atomic E-state index is 12.0. The van der Waals surface area contributed by atoms with E-state index in [4.69, 9.17) is 17.0 Å². The van der Waals surface area contributed by atoms with Gasteiger partial charge in [0, 0.05) is 17.8 Å². The summed E-state index contributed by atoms with van der Waals surface area (Å²) in [6, 6.07) is 16.2. The van der Waals surface area contributed by atoms with E-state index < -0.39 is 0 Å². The molecule has 0 spiro atoms. The third-order valence-electron chi connectivity index (χ3n) is 3.53. The first kappa shape index (κ1) is 20.4. The van der Waals surface area contributed by atoms with Gasteiger partial charge in [-0.3, -0.25) is 9.59 Å². The Morgan fingerprint density at radius 1 is 0.963 bits per heavy atom. The fraction of sp³-hybridized carbons (Fsp3) is 0.250. The molecule has 142 valence electrons. The third kappa shape index (κ3) is 7.87. The van der Waals surface area contributed by atoms with Crippen molar-refractivity contribution in [1.82, 2.24) is 5.32 Å². The van der Waals surface area contributed by atoms with Crippen molar-refractivity contribution in [2.24, 2.45) is 0 Å². The molecular weight excluding hydrogens is 362 g/mol. The lowest BCUT2D eigenvalue weighted by Gasteiger charge is -2.11. The van der Waals surface area contributed by atoms with Crippen LogP contribution in [0.2, 0.25) is 0 Å². The van der Waals surface area contributed by atoms with Crippen LogP contribution in [0.15, 0.2) is 54.6 Å². The van der Waals surface area contributed by atoms with E-state index in [0.29, 0.717) is 23.5 Å². The zero-order valence-electron chi connectivity index (χ0n) is 15.2. The number of hydrogen-bond donors (Lipinski definition) is 3. The summed E-state index contributed by atoms with van der Waals surface area (Å²) in [7, 11) is 0. The molecule has 0 aliphatic rings. The van der Waals surface area contributed by atoms with Gasteiger partial charge in [0.2, 0.25) is 5.91 Å². The molecule has 6 nitrogen and oxygen atoms in total. The number of thiocarbonyl (C=S) groups is 1. The van der Waals surface area contributed by atoms with Gasteiger partial charge in [-0.05, 0) is 49.0 Å². The Morgan fingerprint density at radius 2 is 1.67 bits per heavy atom. The molecule has 7 heteroatoms. The first-order valence-electron chi connectivity index (χ1n) is 8.75. The number of unbranched alkanes of at least 4 members (excludes halogenated alkanes) is 1. The summed E-state index contributed by atoms with van der Waals surface area (Å²) in [5.74, 6) is 0.246. The monoisotopic (exact) mass is 385 g/mol. The molecule has 0 radical (unpaired) electrons. The van der Waals surface area contributed by atoms with E-state index in [0.717, 1.165) is 12.8 Å². The van der Waals surface area contributed by atoms with E-state index >= 15 is 0 Å². The highest BCUT2D eigenvalue weighted by Gasteiger charge is 2.07. The normalized spacial score (nSPS) is 9.96. The van der Waals surface area contributed by atoms with Crippen molar-refractivity contribution >= 4 is 40.5 Å². The lowest BCUT2D eigenvalue weighted by atomic mass is 10.2. The number of rotatable bonds is 8. The zero-order chi connectivity index (χ0) is 19.5. The van der Waals surface area contributed by atoms with Gasteiger partial charge < -0.3 is 20.7 Å². The molecule has 0 atom stereocenters. The van der Waals surface area contributed by atoms with Gasteiger partial charge in [-0.1, -0.05) is 37.6 Å². The van der Waals surface area contributed by atoms with Gasteiger partial charge in [-0.2, -0.15) is 0 Å². The molecule has 0 fully saturated rings. The lowest BCUT2D eigenvalue weighted by molar-refractivity contribution is -0.120. The maximum absolute atomic E-state index is 12.0. The Morgan fingerprint density at radius 3 is 2.37 bits per heavy atom. The second-order valence-corrected chi connectivity index (χ2v) is 6.24. The largest absolute Gasteiger partial charge is 0.484 e. The molecule has 0 aliphatic carbocycles. The minimum absolute atomic E-state index is 0.0897. The van der Waals surface area contributed by atoms with Crippen molar-refractivity contribution in [2.75, 3.05) is 17.2 Å². The van der Waals surface area contributed by atoms with Gasteiger partial charge in [-0.25, -0.2) is 0 Å². The van der Waals surface area contributed by atoms with Crippen molar-refractivity contribution in [1.29, 1.82) is 0 Å². The Balaban J connectivity index is 1.82. The minimum atomic E-state index is -0.272. The van der Waals surface area contributed by atoms with E-state index in [1.54, 1.807) is 36.4 Å². The van der Waals surface area contributed by atoms with E-state index in [-0.39, 0.29) is 23.5 Å². The predicted molar refractivity (Wildman–Crippen MR) is 111 cm³/mol. The Bertz CT molecular complexity index is 781. The van der Waals surface area contributed by atoms with Crippen molar-refractivity contribution in [2.45, 2.75) is 26.2 Å². The van der Waals surface area contributed by atoms with Crippen LogP contribution in [0.5, 0.6) is 5.75 Å². The van der Waals surface area contributed by atoms with Crippen LogP contribution >= 0.6 is 12.2 Å². The van der Waals surface area contributed by atoms with Gasteiger partial charge in [0.15, 0.2) is 11.7 Å². The number of benzene rings is 2. The summed E-state index contributed by atoms with van der Waals surface area (Å²) in [6.07, 6.45) is 2.21. The molecule has 0 aromatic heterocycles. The van der Waals surface area contributed by atoms with Crippen molar-refractivity contribution in [3.05, 3.63) is 54.6 Å². The van der Waals surface area contributed by atoms with Crippen LogP contribution in [0.3, 0.4) is 0 Å². The van der Waals surface area contributed by atoms with Crippen LogP contribution in [0.4, 0.5) is 11.4 Å². The van der Waals surface area contributed by atoms with Crippen LogP contribution in [0.1, 0.15) is 26.2 Å². The first-order chi connectivity index (χ1) is 13.1. The van der Waals surface area contributed by atoms with Crippen LogP contribution in [0, 0.1) is 0 Å². The standard InChI is InChI=1S/C20H23N3O3S/c1-2-3-12-18(24)23-20(27)22-16-9-7-8-15(13-16)21-19(25)14-26-17-10-5-4-6-11-17/h4-11,13H,2-3,12,14H2,1H3,(H,21,25)(H2,22,23,24,27). The highest BCUT2D eigenvalue weighted by molar-refractivity contribution is 7.80. The van der Waals surface area contributed by atoms with Crippen molar-refractivity contribution in [3.63, 3.8) is 0 Å². The SMILES string of the molecule is CCCCC(=O)NC(=S)Nc1cccc(NC(=O)COc2ccccc2)c1. The van der Waals surface area contributed by atoms with Crippen LogP contribution < -0.4 is 20.7 Å². The Labute approximate surface area is 164 Å². The topological polar surface area (TPSA) is 79.5 Å². The van der Waals surface area contributed by atoms with Crippen LogP contribution in [-0.4, -0.2) is 23.5 Å². The smallest absolute Gasteiger partial charge is 0.262 e. The van der Waals surface area contributed by atoms with Crippen LogP contribution in [0.25, 0.3) is 0 Å². The Hall–Kier alpha value is -2.93. The number of nitrogens with one attached hydrogen (secondary N) is 3. The summed E-state index contributed by atoms with van der Waals surface area (Å²) in [5, 5.41) is 8.56. The fourth-order valence-electron chi connectivity index (χ4n) is 2.23. The molecule has 2 amide bonds. The highest BCUT2D eigenvalue weighted by Crippen LogP contribution is 2.15. The quantitative estimate of drug-likeness (QED) is 0.604. The minimum Gasteiger partial charge on any atom is -0.484 e. The molecule has 2 rings (SSSR count). The molecule has 2 aromatic rings. The number of anilines is 2. The van der Waals surface area contributed by atoms with Gasteiger partial charge in [0.1, 0.15) is 5.75 Å². The molecule has 27 heavy (non-hydrogen) atoms. The number of para-hydroxylation sites is 1. The van der Waals surface area contributed by atoms with Gasteiger partial charge >= 0.3 is 0 Å². The second-order valence-electron chi connectivity index (χ2n) is 5.84. The van der Waals surface area contributed by atoms with E-state index in [1.807, 2.05) is 25.1 Å². The van der Waals surface area contributed by atoms with E-state index in [1.165, 1.54) is 0 Å². The average molecular weight is 385 g/mol. The van der Waals surface area contributed by atoms with Crippen LogP contribution in [-0.2, 0) is 9.59 Å². The number of hydrogen-bond acceptors (Lipinski definition) is 4. The average Bonchev–Trinajstić information content (AvgIpc) is 2.65.